The molecular formula is C22H16N2O3S3. The Morgan fingerprint density at radius 1 is 0.933 bits per heavy atom. The highest BCUT2D eigenvalue weighted by Crippen LogP contribution is 2.35. The average Bonchev–Trinajstić information content (AvgIpc) is 3.47. The third-order valence-corrected chi connectivity index (χ3v) is 8.28. The van der Waals surface area contributed by atoms with Crippen LogP contribution in [-0.4, -0.2) is 13.0 Å². The number of hydrogen-bond donors (Lipinski definition) is 0. The van der Waals surface area contributed by atoms with Crippen LogP contribution in [0.5, 0.6) is 0 Å². The lowest BCUT2D eigenvalue weighted by atomic mass is 10.1. The quantitative estimate of drug-likeness (QED) is 0.356. The monoisotopic (exact) mass is 452 g/mol. The van der Waals surface area contributed by atoms with Gasteiger partial charge in [0.2, 0.25) is 4.80 Å². The Balaban J connectivity index is 1.82. The third kappa shape index (κ3) is 3.23. The second-order valence-corrected chi connectivity index (χ2v) is 10.2. The van der Waals surface area contributed by atoms with Gasteiger partial charge in [-0.25, -0.2) is 0 Å². The Kier molecular flexibility index (Phi) is 4.69. The molecule has 5 aromatic rings. The van der Waals surface area contributed by atoms with Gasteiger partial charge in [0, 0.05) is 22.0 Å². The molecule has 8 heteroatoms. The van der Waals surface area contributed by atoms with E-state index in [4.69, 9.17) is 4.42 Å². The van der Waals surface area contributed by atoms with Gasteiger partial charge in [0.15, 0.2) is 0 Å². The molecule has 5 nitrogen and oxygen atoms in total. The predicted octanol–water partition coefficient (Wildman–Crippen LogP) is 5.61. The van der Waals surface area contributed by atoms with Gasteiger partial charge in [-0.05, 0) is 36.6 Å². The molecule has 0 spiro atoms. The minimum Gasteiger partial charge on any atom is -0.461 e. The molecule has 0 bridgehead atoms. The molecule has 150 valence electrons. The van der Waals surface area contributed by atoms with Gasteiger partial charge in [0.25, 0.3) is 10.0 Å². The fourth-order valence-electron chi connectivity index (χ4n) is 3.42. The molecule has 0 radical (unpaired) electrons. The van der Waals surface area contributed by atoms with Crippen molar-refractivity contribution in [2.45, 2.75) is 11.1 Å². The maximum atomic E-state index is 12.8. The van der Waals surface area contributed by atoms with Crippen LogP contribution in [0.15, 0.2) is 90.5 Å². The number of hydrogen-bond acceptors (Lipinski definition) is 5. The fraction of sp³-hybridized carbons (Fsp3) is 0.0455. The maximum absolute atomic E-state index is 12.8. The lowest BCUT2D eigenvalue weighted by Crippen LogP contribution is -2.16. The van der Waals surface area contributed by atoms with Crippen molar-refractivity contribution in [3.63, 3.8) is 0 Å². The van der Waals surface area contributed by atoms with Gasteiger partial charge in [-0.15, -0.1) is 27.1 Å². The molecule has 0 atom stereocenters. The SMILES string of the molecule is Cc1oc2ccccc2c1-c1csc(=NS(=O)(=O)c2cccs2)n1-c1ccccc1. The number of aromatic nitrogens is 1. The van der Waals surface area contributed by atoms with E-state index in [1.54, 1.807) is 17.5 Å². The summed E-state index contributed by atoms with van der Waals surface area (Å²) < 4.78 is 37.9. The number of furan rings is 1. The van der Waals surface area contributed by atoms with Crippen molar-refractivity contribution in [3.8, 4) is 16.9 Å². The highest BCUT2D eigenvalue weighted by atomic mass is 32.2. The highest BCUT2D eigenvalue weighted by Gasteiger charge is 2.20. The van der Waals surface area contributed by atoms with Gasteiger partial charge in [-0.1, -0.05) is 42.5 Å². The summed E-state index contributed by atoms with van der Waals surface area (Å²) in [4.78, 5) is 0.384. The largest absolute Gasteiger partial charge is 0.461 e. The molecule has 0 N–H and O–H groups in total. The van der Waals surface area contributed by atoms with Crippen LogP contribution in [0.2, 0.25) is 0 Å². The van der Waals surface area contributed by atoms with Gasteiger partial charge in [0.05, 0.1) is 5.69 Å². The lowest BCUT2D eigenvalue weighted by molar-refractivity contribution is 0.579. The Morgan fingerprint density at radius 3 is 2.47 bits per heavy atom. The van der Waals surface area contributed by atoms with Crippen LogP contribution < -0.4 is 4.80 Å². The summed E-state index contributed by atoms with van der Waals surface area (Å²) in [5, 5.41) is 4.64. The maximum Gasteiger partial charge on any atom is 0.294 e. The van der Waals surface area contributed by atoms with Gasteiger partial charge in [-0.3, -0.25) is 4.57 Å². The standard InChI is InChI=1S/C22H16N2O3S3/c1-15-21(17-10-5-6-11-19(17)27-15)18-14-29-22(24(18)16-8-3-2-4-9-16)23-30(25,26)20-12-7-13-28-20/h2-14H,1H3. The first-order chi connectivity index (χ1) is 14.5. The molecule has 0 saturated carbocycles. The molecule has 5 rings (SSSR count). The molecule has 0 unspecified atom stereocenters. The van der Waals surface area contributed by atoms with E-state index >= 15 is 0 Å². The lowest BCUT2D eigenvalue weighted by Gasteiger charge is -2.09. The van der Waals surface area contributed by atoms with Crippen molar-refractivity contribution < 1.29 is 12.8 Å². The molecule has 0 aliphatic heterocycles. The number of aryl methyl sites for hydroxylation is 1. The van der Waals surface area contributed by atoms with Crippen LogP contribution >= 0.6 is 22.7 Å². The topological polar surface area (TPSA) is 64.6 Å². The van der Waals surface area contributed by atoms with Crippen LogP contribution in [0.25, 0.3) is 27.9 Å². The van der Waals surface area contributed by atoms with E-state index in [2.05, 4.69) is 4.40 Å². The molecule has 2 aromatic carbocycles. The third-order valence-electron chi connectivity index (χ3n) is 4.70. The van der Waals surface area contributed by atoms with Crippen molar-refractivity contribution >= 4 is 43.7 Å². The molecule has 0 aliphatic carbocycles. The van der Waals surface area contributed by atoms with Crippen molar-refractivity contribution in [3.05, 3.63) is 88.1 Å². The normalized spacial score (nSPS) is 12.6. The number of para-hydroxylation sites is 2. The van der Waals surface area contributed by atoms with E-state index in [0.717, 1.165) is 45.0 Å². The Bertz CT molecular complexity index is 1510. The number of thiazole rings is 1. The fourth-order valence-corrected chi connectivity index (χ4v) is 6.48. The summed E-state index contributed by atoms with van der Waals surface area (Å²) in [5.74, 6) is 0.770. The van der Waals surface area contributed by atoms with Crippen molar-refractivity contribution in [1.29, 1.82) is 0 Å². The first kappa shape index (κ1) is 19.0. The smallest absolute Gasteiger partial charge is 0.294 e. The molecule has 0 amide bonds. The van der Waals surface area contributed by atoms with Gasteiger partial charge in [0.1, 0.15) is 15.6 Å². The Hall–Kier alpha value is -2.94. The number of fused-ring (bicyclic) bond motifs is 1. The zero-order valence-electron chi connectivity index (χ0n) is 15.8. The van der Waals surface area contributed by atoms with Crippen molar-refractivity contribution in [2.75, 3.05) is 0 Å². The molecule has 3 heterocycles. The first-order valence-electron chi connectivity index (χ1n) is 9.13. The highest BCUT2D eigenvalue weighted by molar-refractivity contribution is 7.92. The van der Waals surface area contributed by atoms with Gasteiger partial charge in [-0.2, -0.15) is 8.42 Å². The molecule has 3 aromatic heterocycles. The molecule has 30 heavy (non-hydrogen) atoms. The minimum absolute atomic E-state index is 0.224. The second-order valence-electron chi connectivity index (χ2n) is 6.60. The van der Waals surface area contributed by atoms with E-state index in [-0.39, 0.29) is 4.21 Å². The van der Waals surface area contributed by atoms with Crippen molar-refractivity contribution in [1.82, 2.24) is 4.57 Å². The van der Waals surface area contributed by atoms with Gasteiger partial charge >= 0.3 is 0 Å². The zero-order valence-corrected chi connectivity index (χ0v) is 18.3. The molecule has 0 aliphatic rings. The summed E-state index contributed by atoms with van der Waals surface area (Å²) in [5.41, 5.74) is 3.40. The number of nitrogens with zero attached hydrogens (tertiary/aromatic N) is 2. The zero-order chi connectivity index (χ0) is 20.7. The minimum atomic E-state index is -3.80. The summed E-state index contributed by atoms with van der Waals surface area (Å²) >= 11 is 2.45. The summed E-state index contributed by atoms with van der Waals surface area (Å²) in [7, 11) is -3.80. The van der Waals surface area contributed by atoms with E-state index in [0.29, 0.717) is 4.80 Å². The summed E-state index contributed by atoms with van der Waals surface area (Å²) in [6.45, 7) is 1.92. The van der Waals surface area contributed by atoms with Crippen LogP contribution in [-0.2, 0) is 10.0 Å². The first-order valence-corrected chi connectivity index (χ1v) is 12.3. The van der Waals surface area contributed by atoms with E-state index in [1.807, 2.05) is 71.5 Å². The van der Waals surface area contributed by atoms with Gasteiger partial charge < -0.3 is 4.42 Å². The second kappa shape index (κ2) is 7.39. The summed E-state index contributed by atoms with van der Waals surface area (Å²) in [6, 6.07) is 20.7. The van der Waals surface area contributed by atoms with Crippen LogP contribution in [0.4, 0.5) is 0 Å². The number of benzene rings is 2. The Labute approximate surface area is 181 Å². The molecule has 0 saturated heterocycles. The van der Waals surface area contributed by atoms with E-state index in [9.17, 15) is 8.42 Å². The predicted molar refractivity (Wildman–Crippen MR) is 121 cm³/mol. The van der Waals surface area contributed by atoms with E-state index in [1.165, 1.54) is 11.3 Å². The molecule has 0 fully saturated rings. The van der Waals surface area contributed by atoms with Crippen LogP contribution in [0, 0.1) is 6.92 Å². The number of sulfonamides is 1. The number of thiophene rings is 1. The van der Waals surface area contributed by atoms with E-state index < -0.39 is 10.0 Å². The number of rotatable bonds is 4. The molecular weight excluding hydrogens is 436 g/mol. The Morgan fingerprint density at radius 2 is 1.70 bits per heavy atom. The average molecular weight is 453 g/mol. The van der Waals surface area contributed by atoms with Crippen LogP contribution in [0.1, 0.15) is 5.76 Å². The summed E-state index contributed by atoms with van der Waals surface area (Å²) in [6.07, 6.45) is 0. The van der Waals surface area contributed by atoms with Crippen LogP contribution in [0.3, 0.4) is 0 Å². The van der Waals surface area contributed by atoms with Crippen molar-refractivity contribution in [2.24, 2.45) is 4.40 Å².